The Kier molecular flexibility index (Phi) is 4.98. The first-order valence-corrected chi connectivity index (χ1v) is 5.51. The van der Waals surface area contributed by atoms with Crippen molar-refractivity contribution in [2.75, 3.05) is 13.2 Å². The van der Waals surface area contributed by atoms with Crippen LogP contribution in [0.25, 0.3) is 0 Å². The topological polar surface area (TPSA) is 81.4 Å². The molecule has 1 aliphatic rings. The molecule has 90 valence electrons. The summed E-state index contributed by atoms with van der Waals surface area (Å²) in [5, 5.41) is 2.75. The van der Waals surface area contributed by atoms with Crippen LogP contribution >= 0.6 is 0 Å². The summed E-state index contributed by atoms with van der Waals surface area (Å²) in [5.74, 6) is -0.365. The smallest absolute Gasteiger partial charge is 0.330 e. The summed E-state index contributed by atoms with van der Waals surface area (Å²) in [6.07, 6.45) is 4.30. The van der Waals surface area contributed by atoms with Crippen molar-refractivity contribution in [3.05, 3.63) is 12.2 Å². The van der Waals surface area contributed by atoms with E-state index in [0.29, 0.717) is 13.0 Å². The van der Waals surface area contributed by atoms with Crippen LogP contribution in [-0.2, 0) is 14.3 Å². The highest BCUT2D eigenvalue weighted by molar-refractivity contribution is 5.82. The molecule has 0 spiro atoms. The van der Waals surface area contributed by atoms with Gasteiger partial charge in [0.15, 0.2) is 0 Å². The number of hydrogen-bond donors (Lipinski definition) is 2. The van der Waals surface area contributed by atoms with E-state index < -0.39 is 5.97 Å². The first-order valence-electron chi connectivity index (χ1n) is 5.51. The van der Waals surface area contributed by atoms with Crippen LogP contribution in [0.2, 0.25) is 0 Å². The number of carbonyl (C=O) groups excluding carboxylic acids is 2. The van der Waals surface area contributed by atoms with E-state index in [2.05, 4.69) is 5.32 Å². The maximum Gasteiger partial charge on any atom is 0.330 e. The van der Waals surface area contributed by atoms with Gasteiger partial charge < -0.3 is 15.8 Å². The minimum absolute atomic E-state index is 0.0261. The van der Waals surface area contributed by atoms with E-state index in [1.807, 2.05) is 0 Å². The minimum Gasteiger partial charge on any atom is -0.463 e. The fourth-order valence-corrected chi connectivity index (χ4v) is 1.67. The van der Waals surface area contributed by atoms with Gasteiger partial charge in [-0.1, -0.05) is 6.08 Å². The molecule has 0 radical (unpaired) electrons. The van der Waals surface area contributed by atoms with Crippen molar-refractivity contribution in [3.63, 3.8) is 0 Å². The van der Waals surface area contributed by atoms with E-state index in [1.165, 1.54) is 6.08 Å². The van der Waals surface area contributed by atoms with Crippen LogP contribution < -0.4 is 11.1 Å². The molecule has 16 heavy (non-hydrogen) atoms. The van der Waals surface area contributed by atoms with Crippen molar-refractivity contribution in [1.82, 2.24) is 5.32 Å². The SMILES string of the molecule is CCOC(=O)/C=C/[C@@H](N)CC1CCNC1=O. The van der Waals surface area contributed by atoms with Gasteiger partial charge in [-0.15, -0.1) is 0 Å². The number of nitrogens with two attached hydrogens (primary N) is 1. The Bertz CT molecular complexity index is 289. The molecule has 5 nitrogen and oxygen atoms in total. The number of carbonyl (C=O) groups is 2. The first kappa shape index (κ1) is 12.7. The molecule has 1 amide bonds. The normalized spacial score (nSPS) is 22.1. The maximum atomic E-state index is 11.3. The highest BCUT2D eigenvalue weighted by Gasteiger charge is 2.25. The van der Waals surface area contributed by atoms with Gasteiger partial charge in [0, 0.05) is 24.6 Å². The molecule has 0 bridgehead atoms. The van der Waals surface area contributed by atoms with E-state index in [-0.39, 0.29) is 17.9 Å². The van der Waals surface area contributed by atoms with Crippen LogP contribution in [0.1, 0.15) is 19.8 Å². The third-order valence-corrected chi connectivity index (χ3v) is 2.49. The maximum absolute atomic E-state index is 11.3. The lowest BCUT2D eigenvalue weighted by molar-refractivity contribution is -0.137. The summed E-state index contributed by atoms with van der Waals surface area (Å²) < 4.78 is 4.72. The molecule has 0 saturated carbocycles. The van der Waals surface area contributed by atoms with Gasteiger partial charge in [0.05, 0.1) is 6.61 Å². The second-order valence-corrected chi connectivity index (χ2v) is 3.79. The molecule has 3 N–H and O–H groups in total. The number of nitrogens with one attached hydrogen (secondary N) is 1. The summed E-state index contributed by atoms with van der Waals surface area (Å²) in [6.45, 7) is 2.82. The predicted molar refractivity (Wildman–Crippen MR) is 59.5 cm³/mol. The third-order valence-electron chi connectivity index (χ3n) is 2.49. The highest BCUT2D eigenvalue weighted by Crippen LogP contribution is 2.15. The first-order chi connectivity index (χ1) is 7.63. The van der Waals surface area contributed by atoms with Crippen LogP contribution in [0.3, 0.4) is 0 Å². The van der Waals surface area contributed by atoms with Crippen LogP contribution in [0.15, 0.2) is 12.2 Å². The molecule has 2 atom stereocenters. The quantitative estimate of drug-likeness (QED) is 0.509. The third kappa shape index (κ3) is 4.02. The fourth-order valence-electron chi connectivity index (χ4n) is 1.67. The Morgan fingerprint density at radius 3 is 3.06 bits per heavy atom. The van der Waals surface area contributed by atoms with Gasteiger partial charge in [-0.05, 0) is 19.8 Å². The van der Waals surface area contributed by atoms with Gasteiger partial charge >= 0.3 is 5.97 Å². The molecule has 1 saturated heterocycles. The van der Waals surface area contributed by atoms with Crippen LogP contribution in [-0.4, -0.2) is 31.1 Å². The lowest BCUT2D eigenvalue weighted by Gasteiger charge is -2.10. The van der Waals surface area contributed by atoms with Crippen molar-refractivity contribution in [2.45, 2.75) is 25.8 Å². The van der Waals surface area contributed by atoms with E-state index in [4.69, 9.17) is 10.5 Å². The summed E-state index contributed by atoms with van der Waals surface area (Å²) in [4.78, 5) is 22.3. The van der Waals surface area contributed by atoms with Gasteiger partial charge in [0.25, 0.3) is 0 Å². The largest absolute Gasteiger partial charge is 0.463 e. The molecule has 1 aliphatic heterocycles. The van der Waals surface area contributed by atoms with Gasteiger partial charge in [-0.2, -0.15) is 0 Å². The number of hydrogen-bond acceptors (Lipinski definition) is 4. The molecule has 1 heterocycles. The van der Waals surface area contributed by atoms with Crippen LogP contribution in [0, 0.1) is 5.92 Å². The minimum atomic E-state index is -0.395. The summed E-state index contributed by atoms with van der Waals surface area (Å²) in [6, 6.07) is -0.279. The molecule has 1 unspecified atom stereocenters. The standard InChI is InChI=1S/C11H18N2O3/c1-2-16-10(14)4-3-9(12)7-8-5-6-13-11(8)15/h3-4,8-9H,2,5-7,12H2,1H3,(H,13,15)/b4-3+/t8?,9-/m1/s1. The Balaban J connectivity index is 2.32. The molecule has 0 aliphatic carbocycles. The fraction of sp³-hybridized carbons (Fsp3) is 0.636. The number of amides is 1. The summed E-state index contributed by atoms with van der Waals surface area (Å²) in [5.41, 5.74) is 5.79. The van der Waals surface area contributed by atoms with Gasteiger partial charge in [0.2, 0.25) is 5.91 Å². The molecule has 5 heteroatoms. The molecule has 0 aromatic carbocycles. The van der Waals surface area contributed by atoms with Gasteiger partial charge in [0.1, 0.15) is 0 Å². The zero-order valence-electron chi connectivity index (χ0n) is 9.44. The average molecular weight is 226 g/mol. The molecule has 0 aromatic rings. The molecular formula is C11H18N2O3. The van der Waals surface area contributed by atoms with Crippen molar-refractivity contribution < 1.29 is 14.3 Å². The van der Waals surface area contributed by atoms with Gasteiger partial charge in [-0.25, -0.2) is 4.79 Å². The molecule has 1 fully saturated rings. The number of esters is 1. The Morgan fingerprint density at radius 2 is 2.50 bits per heavy atom. The molecule has 0 aromatic heterocycles. The molecule has 1 rings (SSSR count). The zero-order chi connectivity index (χ0) is 12.0. The number of rotatable bonds is 5. The van der Waals surface area contributed by atoms with E-state index in [0.717, 1.165) is 13.0 Å². The van der Waals surface area contributed by atoms with Gasteiger partial charge in [-0.3, -0.25) is 4.79 Å². The summed E-state index contributed by atoms with van der Waals surface area (Å²) >= 11 is 0. The number of ether oxygens (including phenoxy) is 1. The van der Waals surface area contributed by atoms with Crippen molar-refractivity contribution in [3.8, 4) is 0 Å². The second-order valence-electron chi connectivity index (χ2n) is 3.79. The van der Waals surface area contributed by atoms with Crippen molar-refractivity contribution in [2.24, 2.45) is 11.7 Å². The second kappa shape index (κ2) is 6.27. The van der Waals surface area contributed by atoms with Crippen molar-refractivity contribution >= 4 is 11.9 Å². The van der Waals surface area contributed by atoms with E-state index in [1.54, 1.807) is 13.0 Å². The average Bonchev–Trinajstić information content (AvgIpc) is 2.62. The Morgan fingerprint density at radius 1 is 1.75 bits per heavy atom. The highest BCUT2D eigenvalue weighted by atomic mass is 16.5. The van der Waals surface area contributed by atoms with E-state index in [9.17, 15) is 9.59 Å². The van der Waals surface area contributed by atoms with Crippen LogP contribution in [0.5, 0.6) is 0 Å². The lowest BCUT2D eigenvalue weighted by atomic mass is 9.99. The summed E-state index contributed by atoms with van der Waals surface area (Å²) in [7, 11) is 0. The van der Waals surface area contributed by atoms with E-state index >= 15 is 0 Å². The Hall–Kier alpha value is -1.36. The predicted octanol–water partition coefficient (Wildman–Crippen LogP) is -0.0408. The lowest BCUT2D eigenvalue weighted by Crippen LogP contribution is -2.26. The molecular weight excluding hydrogens is 208 g/mol. The monoisotopic (exact) mass is 226 g/mol. The van der Waals surface area contributed by atoms with Crippen LogP contribution in [0.4, 0.5) is 0 Å². The van der Waals surface area contributed by atoms with Crippen molar-refractivity contribution in [1.29, 1.82) is 0 Å². The zero-order valence-corrected chi connectivity index (χ0v) is 9.44. The Labute approximate surface area is 95.0 Å².